The Hall–Kier alpha value is -2.60. The van der Waals surface area contributed by atoms with Crippen molar-refractivity contribution in [1.82, 2.24) is 10.2 Å². The summed E-state index contributed by atoms with van der Waals surface area (Å²) in [5.74, 6) is -0.111. The van der Waals surface area contributed by atoms with E-state index in [2.05, 4.69) is 12.2 Å². The number of hydrogen-bond acceptors (Lipinski definition) is 4. The number of carbonyl (C=O) groups is 2. The number of nitrogens with zero attached hydrogens (tertiary/aromatic N) is 2. The summed E-state index contributed by atoms with van der Waals surface area (Å²) in [6.07, 6.45) is 6.64. The van der Waals surface area contributed by atoms with Gasteiger partial charge in [-0.25, -0.2) is 4.99 Å². The highest BCUT2D eigenvalue weighted by Crippen LogP contribution is 2.29. The molecule has 1 heterocycles. The Morgan fingerprint density at radius 1 is 1.03 bits per heavy atom. The maximum absolute atomic E-state index is 13.0. The standard InChI is InChI=1S/C26H33N3O2S/c1-2-3-4-5-12-19-29-24(30)20-23(32-26(29)28-22-15-10-7-11-16-22)25(31)27-18-17-21-13-8-6-9-14-21/h6-11,13-16,23H,2-5,12,17-20H2,1H3,(H,27,31)/t23-/m0/s1. The summed E-state index contributed by atoms with van der Waals surface area (Å²) in [5, 5.41) is 3.19. The van der Waals surface area contributed by atoms with E-state index in [0.717, 1.165) is 24.9 Å². The molecule has 3 rings (SSSR count). The normalized spacial score (nSPS) is 17.5. The van der Waals surface area contributed by atoms with Gasteiger partial charge in [-0.1, -0.05) is 92.9 Å². The highest BCUT2D eigenvalue weighted by atomic mass is 32.2. The fourth-order valence-electron chi connectivity index (χ4n) is 3.64. The molecule has 0 aliphatic carbocycles. The number of amides is 2. The minimum atomic E-state index is -0.447. The minimum absolute atomic E-state index is 0.0165. The number of unbranched alkanes of at least 4 members (excludes halogenated alkanes) is 4. The molecule has 0 bridgehead atoms. The monoisotopic (exact) mass is 451 g/mol. The van der Waals surface area contributed by atoms with Crippen LogP contribution in [0.3, 0.4) is 0 Å². The van der Waals surface area contributed by atoms with Crippen LogP contribution >= 0.6 is 11.8 Å². The molecule has 5 nitrogen and oxygen atoms in total. The van der Waals surface area contributed by atoms with E-state index in [1.165, 1.54) is 36.6 Å². The van der Waals surface area contributed by atoms with Gasteiger partial charge >= 0.3 is 0 Å². The SMILES string of the molecule is CCCCCCCN1C(=O)C[C@@H](C(=O)NCCc2ccccc2)SC1=Nc1ccccc1. The Bertz CT molecular complexity index is 886. The van der Waals surface area contributed by atoms with Crippen molar-refractivity contribution in [3.8, 4) is 0 Å². The van der Waals surface area contributed by atoms with Crippen LogP contribution in [0.25, 0.3) is 0 Å². The number of amidine groups is 1. The number of thioether (sulfide) groups is 1. The van der Waals surface area contributed by atoms with Crippen molar-refractivity contribution >= 4 is 34.4 Å². The van der Waals surface area contributed by atoms with Gasteiger partial charge < -0.3 is 5.32 Å². The molecule has 0 spiro atoms. The van der Waals surface area contributed by atoms with Gasteiger partial charge in [-0.2, -0.15) is 0 Å². The largest absolute Gasteiger partial charge is 0.355 e. The minimum Gasteiger partial charge on any atom is -0.355 e. The van der Waals surface area contributed by atoms with E-state index in [1.54, 1.807) is 4.90 Å². The number of rotatable bonds is 11. The smallest absolute Gasteiger partial charge is 0.234 e. The first-order chi connectivity index (χ1) is 15.7. The number of hydrogen-bond donors (Lipinski definition) is 1. The van der Waals surface area contributed by atoms with Gasteiger partial charge in [0.2, 0.25) is 11.8 Å². The molecule has 1 fully saturated rings. The Balaban J connectivity index is 1.62. The fourth-order valence-corrected chi connectivity index (χ4v) is 4.79. The molecular formula is C26H33N3O2S. The summed E-state index contributed by atoms with van der Waals surface area (Å²) in [7, 11) is 0. The molecule has 1 saturated heterocycles. The second-order valence-corrected chi connectivity index (χ2v) is 9.20. The van der Waals surface area contributed by atoms with Gasteiger partial charge in [-0.15, -0.1) is 0 Å². The Morgan fingerprint density at radius 3 is 2.44 bits per heavy atom. The van der Waals surface area contributed by atoms with Crippen LogP contribution in [0.1, 0.15) is 51.0 Å². The average molecular weight is 452 g/mol. The molecular weight excluding hydrogens is 418 g/mol. The molecule has 1 aliphatic heterocycles. The van der Waals surface area contributed by atoms with Crippen LogP contribution in [0.2, 0.25) is 0 Å². The molecule has 1 N–H and O–H groups in total. The lowest BCUT2D eigenvalue weighted by Gasteiger charge is -2.32. The van der Waals surface area contributed by atoms with Crippen molar-refractivity contribution < 1.29 is 9.59 Å². The zero-order chi connectivity index (χ0) is 22.6. The summed E-state index contributed by atoms with van der Waals surface area (Å²) < 4.78 is 0. The Labute approximate surface area is 195 Å². The van der Waals surface area contributed by atoms with E-state index >= 15 is 0 Å². The van der Waals surface area contributed by atoms with Crippen LogP contribution in [0.15, 0.2) is 65.7 Å². The summed E-state index contributed by atoms with van der Waals surface area (Å²) in [6.45, 7) is 3.41. The third-order valence-electron chi connectivity index (χ3n) is 5.45. The van der Waals surface area contributed by atoms with Crippen LogP contribution < -0.4 is 5.32 Å². The van der Waals surface area contributed by atoms with Gasteiger partial charge in [0, 0.05) is 19.5 Å². The first-order valence-electron chi connectivity index (χ1n) is 11.6. The number of carbonyl (C=O) groups excluding carboxylic acids is 2. The highest BCUT2D eigenvalue weighted by Gasteiger charge is 2.35. The van der Waals surface area contributed by atoms with Crippen LogP contribution in [0, 0.1) is 0 Å². The quantitative estimate of drug-likeness (QED) is 0.469. The van der Waals surface area contributed by atoms with Gasteiger partial charge in [0.05, 0.1) is 10.9 Å². The average Bonchev–Trinajstić information content (AvgIpc) is 2.81. The summed E-state index contributed by atoms with van der Waals surface area (Å²) in [5.41, 5.74) is 1.98. The van der Waals surface area contributed by atoms with Gasteiger partial charge in [0.25, 0.3) is 0 Å². The lowest BCUT2D eigenvalue weighted by molar-refractivity contribution is -0.130. The van der Waals surface area contributed by atoms with Gasteiger partial charge in [-0.05, 0) is 30.5 Å². The molecule has 0 unspecified atom stereocenters. The molecule has 0 radical (unpaired) electrons. The number of benzene rings is 2. The fraction of sp³-hybridized carbons (Fsp3) is 0.423. The maximum Gasteiger partial charge on any atom is 0.234 e. The van der Waals surface area contributed by atoms with Crippen LogP contribution in [0.5, 0.6) is 0 Å². The van der Waals surface area contributed by atoms with Gasteiger partial charge in [0.1, 0.15) is 0 Å². The van der Waals surface area contributed by atoms with Gasteiger partial charge in [0.15, 0.2) is 5.17 Å². The third-order valence-corrected chi connectivity index (χ3v) is 6.64. The van der Waals surface area contributed by atoms with Crippen molar-refractivity contribution in [1.29, 1.82) is 0 Å². The molecule has 1 aliphatic rings. The molecule has 6 heteroatoms. The van der Waals surface area contributed by atoms with Crippen molar-refractivity contribution in [3.63, 3.8) is 0 Å². The topological polar surface area (TPSA) is 61.8 Å². The van der Waals surface area contributed by atoms with Crippen LogP contribution in [-0.4, -0.2) is 40.2 Å². The van der Waals surface area contributed by atoms with E-state index in [4.69, 9.17) is 4.99 Å². The summed E-state index contributed by atoms with van der Waals surface area (Å²) >= 11 is 1.40. The predicted octanol–water partition coefficient (Wildman–Crippen LogP) is 5.34. The Morgan fingerprint density at radius 2 is 1.72 bits per heavy atom. The highest BCUT2D eigenvalue weighted by molar-refractivity contribution is 8.15. The first-order valence-corrected chi connectivity index (χ1v) is 12.5. The number of aliphatic imine (C=N–C) groups is 1. The number of para-hydroxylation sites is 1. The molecule has 0 saturated carbocycles. The first kappa shape index (κ1) is 24.1. The third kappa shape index (κ3) is 7.52. The Kier molecular flexibility index (Phi) is 9.82. The van der Waals surface area contributed by atoms with E-state index in [1.807, 2.05) is 60.7 Å². The van der Waals surface area contributed by atoms with E-state index in [-0.39, 0.29) is 18.2 Å². The molecule has 32 heavy (non-hydrogen) atoms. The van der Waals surface area contributed by atoms with Crippen molar-refractivity contribution in [2.24, 2.45) is 4.99 Å². The summed E-state index contributed by atoms with van der Waals surface area (Å²) in [4.78, 5) is 32.3. The molecule has 2 aromatic rings. The lowest BCUT2D eigenvalue weighted by atomic mass is 10.1. The molecule has 2 aromatic carbocycles. The van der Waals surface area contributed by atoms with Crippen LogP contribution in [-0.2, 0) is 16.0 Å². The molecule has 2 amide bonds. The number of nitrogens with one attached hydrogen (secondary N) is 1. The van der Waals surface area contributed by atoms with Crippen molar-refractivity contribution in [2.75, 3.05) is 13.1 Å². The van der Waals surface area contributed by atoms with E-state index in [0.29, 0.717) is 18.3 Å². The lowest BCUT2D eigenvalue weighted by Crippen LogP contribution is -2.47. The molecule has 0 aromatic heterocycles. The van der Waals surface area contributed by atoms with Crippen molar-refractivity contribution in [3.05, 3.63) is 66.2 Å². The van der Waals surface area contributed by atoms with Crippen molar-refractivity contribution in [2.45, 2.75) is 57.1 Å². The second kappa shape index (κ2) is 13.1. The predicted molar refractivity (Wildman–Crippen MR) is 133 cm³/mol. The van der Waals surface area contributed by atoms with E-state index < -0.39 is 5.25 Å². The van der Waals surface area contributed by atoms with E-state index in [9.17, 15) is 9.59 Å². The summed E-state index contributed by atoms with van der Waals surface area (Å²) in [6, 6.07) is 19.7. The maximum atomic E-state index is 13.0. The second-order valence-electron chi connectivity index (χ2n) is 8.03. The molecule has 170 valence electrons. The van der Waals surface area contributed by atoms with Gasteiger partial charge in [-0.3, -0.25) is 14.5 Å². The zero-order valence-electron chi connectivity index (χ0n) is 18.8. The van der Waals surface area contributed by atoms with Crippen LogP contribution in [0.4, 0.5) is 5.69 Å². The zero-order valence-corrected chi connectivity index (χ0v) is 19.7. The molecule has 1 atom stereocenters.